The topological polar surface area (TPSA) is 29.5 Å². The third kappa shape index (κ3) is 3.86. The van der Waals surface area contributed by atoms with Crippen LogP contribution in [0.4, 0.5) is 4.39 Å². The fourth-order valence-electron chi connectivity index (χ4n) is 2.97. The van der Waals surface area contributed by atoms with Crippen LogP contribution in [0.5, 0.6) is 0 Å². The van der Waals surface area contributed by atoms with E-state index in [0.29, 0.717) is 19.6 Å². The minimum Gasteiger partial charge on any atom is -0.374 e. The van der Waals surface area contributed by atoms with Crippen molar-refractivity contribution in [1.29, 1.82) is 0 Å². The van der Waals surface area contributed by atoms with E-state index in [4.69, 9.17) is 4.74 Å². The van der Waals surface area contributed by atoms with E-state index in [1.807, 2.05) is 25.7 Å². The molecule has 1 saturated heterocycles. The fraction of sp³-hybridized carbons (Fsp3) is 0.611. The lowest BCUT2D eigenvalue weighted by Gasteiger charge is -2.45. The summed E-state index contributed by atoms with van der Waals surface area (Å²) < 4.78 is 18.7. The van der Waals surface area contributed by atoms with E-state index < -0.39 is 0 Å². The molecule has 0 bridgehead atoms. The van der Waals surface area contributed by atoms with Gasteiger partial charge in [-0.25, -0.2) is 4.39 Å². The van der Waals surface area contributed by atoms with Gasteiger partial charge in [0.25, 0.3) is 0 Å². The van der Waals surface area contributed by atoms with Gasteiger partial charge in [0.2, 0.25) is 5.91 Å². The highest BCUT2D eigenvalue weighted by molar-refractivity contribution is 5.78. The number of rotatable bonds is 4. The first kappa shape index (κ1) is 16.9. The average Bonchev–Trinajstić information content (AvgIpc) is 2.48. The standard InChI is InChI=1S/C18H26FNO2/c1-5-14(15-6-8-16(19)9-7-15)10-17(21)20-11-13(2)22-12-18(20,3)4/h6-9,13-14H,5,10-12H2,1-4H3. The summed E-state index contributed by atoms with van der Waals surface area (Å²) >= 11 is 0. The van der Waals surface area contributed by atoms with Crippen molar-refractivity contribution in [2.75, 3.05) is 13.2 Å². The van der Waals surface area contributed by atoms with E-state index in [9.17, 15) is 9.18 Å². The van der Waals surface area contributed by atoms with Gasteiger partial charge in [-0.2, -0.15) is 0 Å². The monoisotopic (exact) mass is 307 g/mol. The van der Waals surface area contributed by atoms with Crippen molar-refractivity contribution >= 4 is 5.91 Å². The van der Waals surface area contributed by atoms with Crippen LogP contribution in [0.25, 0.3) is 0 Å². The van der Waals surface area contributed by atoms with E-state index in [2.05, 4.69) is 6.92 Å². The molecule has 122 valence electrons. The molecule has 2 unspecified atom stereocenters. The quantitative estimate of drug-likeness (QED) is 0.848. The molecule has 1 amide bonds. The van der Waals surface area contributed by atoms with Crippen molar-refractivity contribution in [3.8, 4) is 0 Å². The summed E-state index contributed by atoms with van der Waals surface area (Å²) in [7, 11) is 0. The maximum Gasteiger partial charge on any atom is 0.223 e. The normalized spacial score (nSPS) is 22.4. The Morgan fingerprint density at radius 2 is 2.05 bits per heavy atom. The summed E-state index contributed by atoms with van der Waals surface area (Å²) in [5.74, 6) is 0.0337. The smallest absolute Gasteiger partial charge is 0.223 e. The van der Waals surface area contributed by atoms with Crippen LogP contribution < -0.4 is 0 Å². The molecule has 0 radical (unpaired) electrons. The van der Waals surface area contributed by atoms with Crippen molar-refractivity contribution in [3.05, 3.63) is 35.6 Å². The zero-order valence-electron chi connectivity index (χ0n) is 13.9. The van der Waals surface area contributed by atoms with Gasteiger partial charge in [-0.15, -0.1) is 0 Å². The number of hydrogen-bond acceptors (Lipinski definition) is 2. The zero-order valence-corrected chi connectivity index (χ0v) is 13.9. The molecule has 0 saturated carbocycles. The molecule has 22 heavy (non-hydrogen) atoms. The fourth-order valence-corrected chi connectivity index (χ4v) is 2.97. The minimum absolute atomic E-state index is 0.0721. The number of halogens is 1. The lowest BCUT2D eigenvalue weighted by atomic mass is 9.91. The summed E-state index contributed by atoms with van der Waals surface area (Å²) in [4.78, 5) is 14.7. The van der Waals surface area contributed by atoms with Crippen LogP contribution in [-0.4, -0.2) is 35.6 Å². The Morgan fingerprint density at radius 1 is 1.41 bits per heavy atom. The van der Waals surface area contributed by atoms with E-state index >= 15 is 0 Å². The van der Waals surface area contributed by atoms with Gasteiger partial charge in [-0.3, -0.25) is 4.79 Å². The average molecular weight is 307 g/mol. The zero-order chi connectivity index (χ0) is 16.3. The second kappa shape index (κ2) is 6.78. The molecule has 0 spiro atoms. The van der Waals surface area contributed by atoms with E-state index in [1.54, 1.807) is 12.1 Å². The Hall–Kier alpha value is -1.42. The summed E-state index contributed by atoms with van der Waals surface area (Å²) in [5.41, 5.74) is 0.751. The molecule has 4 heteroatoms. The van der Waals surface area contributed by atoms with Crippen LogP contribution in [0.1, 0.15) is 52.0 Å². The highest BCUT2D eigenvalue weighted by Crippen LogP contribution is 2.28. The summed E-state index contributed by atoms with van der Waals surface area (Å²) in [6, 6.07) is 6.49. The van der Waals surface area contributed by atoms with Crippen molar-refractivity contribution < 1.29 is 13.9 Å². The maximum atomic E-state index is 13.1. The number of carbonyl (C=O) groups is 1. The van der Waals surface area contributed by atoms with E-state index in [-0.39, 0.29) is 29.3 Å². The summed E-state index contributed by atoms with van der Waals surface area (Å²) in [6.45, 7) is 9.32. The SMILES string of the molecule is CCC(CC(=O)N1CC(C)OCC1(C)C)c1ccc(F)cc1. The third-order valence-electron chi connectivity index (χ3n) is 4.45. The third-order valence-corrected chi connectivity index (χ3v) is 4.45. The van der Waals surface area contributed by atoms with Gasteiger partial charge in [0, 0.05) is 13.0 Å². The number of nitrogens with zero attached hydrogens (tertiary/aromatic N) is 1. The van der Waals surface area contributed by atoms with Crippen molar-refractivity contribution in [2.45, 2.75) is 58.1 Å². The van der Waals surface area contributed by atoms with Crippen LogP contribution in [0, 0.1) is 5.82 Å². The van der Waals surface area contributed by atoms with Crippen LogP contribution in [-0.2, 0) is 9.53 Å². The van der Waals surface area contributed by atoms with Crippen LogP contribution in [0.15, 0.2) is 24.3 Å². The first-order chi connectivity index (χ1) is 10.3. The Morgan fingerprint density at radius 3 is 2.64 bits per heavy atom. The molecule has 0 N–H and O–H groups in total. The molecular formula is C18H26FNO2. The largest absolute Gasteiger partial charge is 0.374 e. The van der Waals surface area contributed by atoms with Gasteiger partial charge < -0.3 is 9.64 Å². The van der Waals surface area contributed by atoms with E-state index in [0.717, 1.165) is 12.0 Å². The Balaban J connectivity index is 2.09. The molecule has 1 aromatic carbocycles. The molecule has 1 heterocycles. The number of ether oxygens (including phenoxy) is 1. The van der Waals surface area contributed by atoms with Gasteiger partial charge in [0.15, 0.2) is 0 Å². The number of carbonyl (C=O) groups excluding carboxylic acids is 1. The van der Waals surface area contributed by atoms with Gasteiger partial charge in [0.1, 0.15) is 5.82 Å². The molecule has 1 aliphatic rings. The summed E-state index contributed by atoms with van der Waals surface area (Å²) in [5, 5.41) is 0. The predicted octanol–water partition coefficient (Wildman–Crippen LogP) is 3.74. The second-order valence-electron chi connectivity index (χ2n) is 6.80. The Bertz CT molecular complexity index is 512. The second-order valence-corrected chi connectivity index (χ2v) is 6.80. The molecular weight excluding hydrogens is 281 g/mol. The van der Waals surface area contributed by atoms with Gasteiger partial charge in [-0.05, 0) is 50.8 Å². The predicted molar refractivity (Wildman–Crippen MR) is 85.3 cm³/mol. The molecule has 3 nitrogen and oxygen atoms in total. The van der Waals surface area contributed by atoms with Crippen molar-refractivity contribution in [2.24, 2.45) is 0 Å². The molecule has 0 aliphatic carbocycles. The van der Waals surface area contributed by atoms with E-state index in [1.165, 1.54) is 12.1 Å². The molecule has 1 aromatic rings. The number of benzene rings is 1. The lowest BCUT2D eigenvalue weighted by molar-refractivity contribution is -0.153. The van der Waals surface area contributed by atoms with Crippen LogP contribution >= 0.6 is 0 Å². The molecule has 1 fully saturated rings. The molecule has 2 atom stereocenters. The first-order valence-corrected chi connectivity index (χ1v) is 8.01. The number of amides is 1. The van der Waals surface area contributed by atoms with Crippen molar-refractivity contribution in [3.63, 3.8) is 0 Å². The Kier molecular flexibility index (Phi) is 5.22. The van der Waals surface area contributed by atoms with Crippen molar-refractivity contribution in [1.82, 2.24) is 4.90 Å². The Labute approximate surface area is 132 Å². The number of morpholine rings is 1. The van der Waals surface area contributed by atoms with Gasteiger partial charge in [0.05, 0.1) is 18.2 Å². The highest BCUT2D eigenvalue weighted by Gasteiger charge is 2.37. The van der Waals surface area contributed by atoms with Crippen LogP contribution in [0.3, 0.4) is 0 Å². The highest BCUT2D eigenvalue weighted by atomic mass is 19.1. The molecule has 0 aromatic heterocycles. The first-order valence-electron chi connectivity index (χ1n) is 8.01. The van der Waals surface area contributed by atoms with Gasteiger partial charge in [-0.1, -0.05) is 19.1 Å². The molecule has 2 rings (SSSR count). The minimum atomic E-state index is -0.273. The summed E-state index contributed by atoms with van der Waals surface area (Å²) in [6.07, 6.45) is 1.39. The maximum absolute atomic E-state index is 13.1. The lowest BCUT2D eigenvalue weighted by Crippen LogP contribution is -2.57. The number of hydrogen-bond donors (Lipinski definition) is 0. The molecule has 1 aliphatic heterocycles. The van der Waals surface area contributed by atoms with Gasteiger partial charge >= 0.3 is 0 Å². The van der Waals surface area contributed by atoms with Crippen LogP contribution in [0.2, 0.25) is 0 Å².